The van der Waals surface area contributed by atoms with Gasteiger partial charge in [0, 0.05) is 0 Å². The van der Waals surface area contributed by atoms with Crippen LogP contribution in [-0.4, -0.2) is 46.9 Å². The van der Waals surface area contributed by atoms with E-state index in [2.05, 4.69) is 5.32 Å². The number of nitrogens with one attached hydrogen (secondary N) is 1. The summed E-state index contributed by atoms with van der Waals surface area (Å²) in [5.74, 6) is 0.984. The smallest absolute Gasteiger partial charge is 0.241 e. The van der Waals surface area contributed by atoms with Gasteiger partial charge in [0.25, 0.3) is 0 Å². The maximum Gasteiger partial charge on any atom is 0.241 e. The van der Waals surface area contributed by atoms with Gasteiger partial charge in [-0.25, -0.2) is 8.42 Å². The number of aryl methyl sites for hydroxylation is 3. The van der Waals surface area contributed by atoms with E-state index in [9.17, 15) is 13.2 Å². The molecule has 2 rings (SSSR count). The van der Waals surface area contributed by atoms with Crippen molar-refractivity contribution in [1.82, 2.24) is 5.32 Å². The van der Waals surface area contributed by atoms with Crippen LogP contribution in [-0.2, 0) is 14.8 Å². The van der Waals surface area contributed by atoms with E-state index in [4.69, 9.17) is 9.47 Å². The number of amides is 1. The highest BCUT2D eigenvalue weighted by Gasteiger charge is 2.24. The molecule has 0 saturated carbocycles. The Kier molecular flexibility index (Phi) is 7.72. The van der Waals surface area contributed by atoms with Crippen molar-refractivity contribution in [3.63, 3.8) is 0 Å². The molecule has 0 spiro atoms. The third-order valence-electron chi connectivity index (χ3n) is 4.54. The van der Waals surface area contributed by atoms with Crippen molar-refractivity contribution in [2.75, 3.05) is 30.8 Å². The van der Waals surface area contributed by atoms with Gasteiger partial charge in [-0.05, 0) is 63.1 Å². The lowest BCUT2D eigenvalue weighted by Crippen LogP contribution is -2.45. The van der Waals surface area contributed by atoms with Crippen molar-refractivity contribution in [2.45, 2.75) is 33.7 Å². The van der Waals surface area contributed by atoms with Crippen LogP contribution in [0.1, 0.15) is 23.6 Å². The molecule has 0 fully saturated rings. The van der Waals surface area contributed by atoms with Crippen molar-refractivity contribution in [3.05, 3.63) is 53.1 Å². The van der Waals surface area contributed by atoms with Crippen molar-refractivity contribution < 1.29 is 22.7 Å². The molecule has 1 amide bonds. The number of hydrogen-bond donors (Lipinski definition) is 1. The Morgan fingerprint density at radius 3 is 2.10 bits per heavy atom. The fourth-order valence-corrected chi connectivity index (χ4v) is 4.29. The number of sulfonamides is 1. The molecule has 164 valence electrons. The molecule has 0 aromatic heterocycles. The van der Waals surface area contributed by atoms with Gasteiger partial charge >= 0.3 is 0 Å². The second-order valence-corrected chi connectivity index (χ2v) is 9.38. The zero-order valence-corrected chi connectivity index (χ0v) is 19.2. The highest BCUT2D eigenvalue weighted by Crippen LogP contribution is 2.28. The van der Waals surface area contributed by atoms with Gasteiger partial charge in [0.15, 0.2) is 0 Å². The standard InChI is InChI=1S/C22H30N2O5S/c1-15-11-16(2)22(17(3)12-15)24(30(6,26)27)13-21(25)23-18(4)14-29-20-9-7-19(28-5)8-10-20/h7-12,18H,13-14H2,1-6H3,(H,23,25)/t18-/m0/s1. The topological polar surface area (TPSA) is 84.9 Å². The summed E-state index contributed by atoms with van der Waals surface area (Å²) in [5, 5.41) is 2.80. The Hall–Kier alpha value is -2.74. The second kappa shape index (κ2) is 9.84. The maximum atomic E-state index is 12.6. The molecule has 0 unspecified atom stereocenters. The SMILES string of the molecule is COc1ccc(OC[C@H](C)NC(=O)CN(c2c(C)cc(C)cc2C)S(C)(=O)=O)cc1. The molecule has 0 aliphatic heterocycles. The van der Waals surface area contributed by atoms with Gasteiger partial charge in [-0.3, -0.25) is 9.10 Å². The monoisotopic (exact) mass is 434 g/mol. The number of benzene rings is 2. The summed E-state index contributed by atoms with van der Waals surface area (Å²) in [6.07, 6.45) is 1.11. The minimum atomic E-state index is -3.64. The van der Waals surface area contributed by atoms with E-state index in [0.717, 1.165) is 33.0 Å². The van der Waals surface area contributed by atoms with E-state index in [1.807, 2.05) is 32.9 Å². The fourth-order valence-electron chi connectivity index (χ4n) is 3.31. The molecular formula is C22H30N2O5S. The normalized spacial score (nSPS) is 12.2. The van der Waals surface area contributed by atoms with Gasteiger partial charge in [-0.2, -0.15) is 0 Å². The van der Waals surface area contributed by atoms with E-state index in [0.29, 0.717) is 11.4 Å². The lowest BCUT2D eigenvalue weighted by molar-refractivity contribution is -0.120. The Morgan fingerprint density at radius 2 is 1.60 bits per heavy atom. The highest BCUT2D eigenvalue weighted by atomic mass is 32.2. The average molecular weight is 435 g/mol. The predicted octanol–water partition coefficient (Wildman–Crippen LogP) is 2.97. The summed E-state index contributed by atoms with van der Waals surface area (Å²) in [6, 6.07) is 10.6. The first-order valence-electron chi connectivity index (χ1n) is 9.63. The Labute approximate surface area is 179 Å². The summed E-state index contributed by atoms with van der Waals surface area (Å²) < 4.78 is 36.8. The van der Waals surface area contributed by atoms with E-state index < -0.39 is 15.9 Å². The third kappa shape index (κ3) is 6.38. The quantitative estimate of drug-likeness (QED) is 0.656. The predicted molar refractivity (Wildman–Crippen MR) is 119 cm³/mol. The number of methoxy groups -OCH3 is 1. The molecule has 8 heteroatoms. The lowest BCUT2D eigenvalue weighted by Gasteiger charge is -2.26. The number of carbonyl (C=O) groups is 1. The zero-order valence-electron chi connectivity index (χ0n) is 18.4. The number of hydrogen-bond acceptors (Lipinski definition) is 5. The van der Waals surface area contributed by atoms with E-state index in [1.165, 1.54) is 0 Å². The van der Waals surface area contributed by atoms with E-state index in [-0.39, 0.29) is 19.2 Å². The molecule has 7 nitrogen and oxygen atoms in total. The van der Waals surface area contributed by atoms with Crippen LogP contribution in [0.25, 0.3) is 0 Å². The molecule has 0 heterocycles. The van der Waals surface area contributed by atoms with Gasteiger partial charge in [0.05, 0.1) is 25.1 Å². The van der Waals surface area contributed by atoms with Crippen LogP contribution in [0, 0.1) is 20.8 Å². The molecular weight excluding hydrogens is 404 g/mol. The Morgan fingerprint density at radius 1 is 1.07 bits per heavy atom. The Bertz CT molecular complexity index is 964. The number of rotatable bonds is 9. The van der Waals surface area contributed by atoms with E-state index in [1.54, 1.807) is 38.3 Å². The van der Waals surface area contributed by atoms with Crippen LogP contribution in [0.2, 0.25) is 0 Å². The minimum Gasteiger partial charge on any atom is -0.497 e. The molecule has 2 aromatic carbocycles. The molecule has 0 saturated heterocycles. The number of anilines is 1. The van der Waals surface area contributed by atoms with Gasteiger partial charge in [-0.15, -0.1) is 0 Å². The van der Waals surface area contributed by atoms with Crippen LogP contribution in [0.4, 0.5) is 5.69 Å². The zero-order chi connectivity index (χ0) is 22.5. The van der Waals surface area contributed by atoms with Crippen molar-refractivity contribution in [3.8, 4) is 11.5 Å². The van der Waals surface area contributed by atoms with Gasteiger partial charge in [0.2, 0.25) is 15.9 Å². The number of ether oxygens (including phenoxy) is 2. The van der Waals surface area contributed by atoms with Gasteiger partial charge in [0.1, 0.15) is 24.7 Å². The van der Waals surface area contributed by atoms with Crippen molar-refractivity contribution >= 4 is 21.6 Å². The molecule has 0 bridgehead atoms. The Balaban J connectivity index is 2.04. The van der Waals surface area contributed by atoms with E-state index >= 15 is 0 Å². The molecule has 1 atom stereocenters. The van der Waals surface area contributed by atoms with Crippen LogP contribution in [0.3, 0.4) is 0 Å². The summed E-state index contributed by atoms with van der Waals surface area (Å²) in [6.45, 7) is 7.39. The molecule has 0 aliphatic carbocycles. The summed E-state index contributed by atoms with van der Waals surface area (Å²) in [4.78, 5) is 12.6. The average Bonchev–Trinajstić information content (AvgIpc) is 2.64. The minimum absolute atomic E-state index is 0.250. The van der Waals surface area contributed by atoms with Gasteiger partial charge in [-0.1, -0.05) is 17.7 Å². The molecule has 0 radical (unpaired) electrons. The summed E-state index contributed by atoms with van der Waals surface area (Å²) in [5.41, 5.74) is 3.19. The molecule has 1 N–H and O–H groups in total. The first-order valence-corrected chi connectivity index (χ1v) is 11.5. The second-order valence-electron chi connectivity index (χ2n) is 7.47. The van der Waals surface area contributed by atoms with Crippen LogP contribution < -0.4 is 19.1 Å². The maximum absolute atomic E-state index is 12.6. The molecule has 30 heavy (non-hydrogen) atoms. The number of nitrogens with zero attached hydrogens (tertiary/aromatic N) is 1. The van der Waals surface area contributed by atoms with Crippen LogP contribution >= 0.6 is 0 Å². The largest absolute Gasteiger partial charge is 0.497 e. The first kappa shape index (κ1) is 23.5. The summed E-state index contributed by atoms with van der Waals surface area (Å²) in [7, 11) is -2.05. The van der Waals surface area contributed by atoms with Crippen molar-refractivity contribution in [2.24, 2.45) is 0 Å². The first-order chi connectivity index (χ1) is 14.0. The third-order valence-corrected chi connectivity index (χ3v) is 5.65. The fraction of sp³-hybridized carbons (Fsp3) is 0.409. The van der Waals surface area contributed by atoms with Crippen LogP contribution in [0.5, 0.6) is 11.5 Å². The number of carbonyl (C=O) groups excluding carboxylic acids is 1. The van der Waals surface area contributed by atoms with Crippen molar-refractivity contribution in [1.29, 1.82) is 0 Å². The summed E-state index contributed by atoms with van der Waals surface area (Å²) >= 11 is 0. The molecule has 0 aliphatic rings. The molecule has 2 aromatic rings. The highest BCUT2D eigenvalue weighted by molar-refractivity contribution is 7.92. The van der Waals surface area contributed by atoms with Crippen LogP contribution in [0.15, 0.2) is 36.4 Å². The van der Waals surface area contributed by atoms with Gasteiger partial charge < -0.3 is 14.8 Å². The lowest BCUT2D eigenvalue weighted by atomic mass is 10.1.